The molecule has 1 rings (SSSR count). The van der Waals surface area contributed by atoms with Gasteiger partial charge in [0, 0.05) is 11.6 Å². The topological polar surface area (TPSA) is 47.9 Å². The normalized spacial score (nSPS) is 13.2. The van der Waals surface area contributed by atoms with E-state index in [0.29, 0.717) is 17.1 Å². The van der Waals surface area contributed by atoms with Gasteiger partial charge < -0.3 is 19.3 Å². The molecule has 0 amide bonds. The molecule has 0 aromatic heterocycles. The highest BCUT2D eigenvalue weighted by atomic mass is 19.4. The van der Waals surface area contributed by atoms with Gasteiger partial charge in [-0.2, -0.15) is 13.2 Å². The Morgan fingerprint density at radius 1 is 1.21 bits per heavy atom. The molecule has 0 bridgehead atoms. The van der Waals surface area contributed by atoms with Crippen LogP contribution in [-0.4, -0.2) is 38.7 Å². The number of methoxy groups -OCH3 is 2. The first kappa shape index (κ1) is 15.6. The van der Waals surface area contributed by atoms with E-state index in [1.165, 1.54) is 26.4 Å². The second-order valence-electron chi connectivity index (χ2n) is 3.75. The van der Waals surface area contributed by atoms with Gasteiger partial charge in [0.05, 0.1) is 20.8 Å². The number of ether oxygens (including phenoxy) is 3. The Bertz CT molecular complexity index is 406. The van der Waals surface area contributed by atoms with Crippen LogP contribution in [0, 0.1) is 0 Å². The lowest BCUT2D eigenvalue weighted by Gasteiger charge is -2.16. The number of rotatable bonds is 6. The van der Waals surface area contributed by atoms with Crippen LogP contribution in [0.1, 0.15) is 11.7 Å². The minimum atomic E-state index is -4.41. The Morgan fingerprint density at radius 2 is 1.89 bits per heavy atom. The van der Waals surface area contributed by atoms with Crippen LogP contribution < -0.4 is 9.47 Å². The van der Waals surface area contributed by atoms with Gasteiger partial charge in [0.1, 0.15) is 24.2 Å². The van der Waals surface area contributed by atoms with E-state index in [4.69, 9.17) is 9.47 Å². The summed E-state index contributed by atoms with van der Waals surface area (Å²) in [5.74, 6) is 0.839. The summed E-state index contributed by atoms with van der Waals surface area (Å²) in [4.78, 5) is 0. The average molecular weight is 280 g/mol. The summed E-state index contributed by atoms with van der Waals surface area (Å²) in [6, 6.07) is 4.62. The molecule has 0 heterocycles. The van der Waals surface area contributed by atoms with Crippen LogP contribution in [0.2, 0.25) is 0 Å². The number of hydrogen-bond acceptors (Lipinski definition) is 4. The quantitative estimate of drug-likeness (QED) is 0.868. The molecule has 0 radical (unpaired) electrons. The van der Waals surface area contributed by atoms with Crippen molar-refractivity contribution >= 4 is 0 Å². The highest BCUT2D eigenvalue weighted by Gasteiger charge is 2.28. The van der Waals surface area contributed by atoms with Crippen LogP contribution in [0.4, 0.5) is 13.2 Å². The Labute approximate surface area is 108 Å². The molecule has 0 saturated heterocycles. The molecule has 7 heteroatoms. The van der Waals surface area contributed by atoms with Crippen molar-refractivity contribution in [2.75, 3.05) is 27.4 Å². The van der Waals surface area contributed by atoms with Crippen LogP contribution in [0.25, 0.3) is 0 Å². The number of aliphatic hydroxyl groups excluding tert-OH is 1. The molecular formula is C12H15F3O4. The minimum Gasteiger partial charge on any atom is -0.497 e. The Kier molecular flexibility index (Phi) is 5.44. The summed E-state index contributed by atoms with van der Waals surface area (Å²) in [5.41, 5.74) is 0.338. The van der Waals surface area contributed by atoms with Gasteiger partial charge in [0.15, 0.2) is 0 Å². The zero-order valence-electron chi connectivity index (χ0n) is 10.5. The largest absolute Gasteiger partial charge is 0.497 e. The fraction of sp³-hybridized carbons (Fsp3) is 0.500. The number of benzene rings is 1. The smallest absolute Gasteiger partial charge is 0.411 e. The van der Waals surface area contributed by atoms with Crippen molar-refractivity contribution in [3.8, 4) is 11.5 Å². The molecule has 0 aliphatic rings. The predicted octanol–water partition coefficient (Wildman–Crippen LogP) is 2.32. The zero-order valence-corrected chi connectivity index (χ0v) is 10.5. The van der Waals surface area contributed by atoms with Crippen molar-refractivity contribution in [1.82, 2.24) is 0 Å². The summed E-state index contributed by atoms with van der Waals surface area (Å²) >= 11 is 0. The van der Waals surface area contributed by atoms with Gasteiger partial charge >= 0.3 is 6.18 Å². The van der Waals surface area contributed by atoms with Crippen molar-refractivity contribution in [1.29, 1.82) is 0 Å². The summed E-state index contributed by atoms with van der Waals surface area (Å²) in [6.45, 7) is -1.87. The standard InChI is InChI=1S/C12H15F3O4/c1-17-8-3-4-9(11(5-8)18-2)10(16)6-19-7-12(13,14)15/h3-5,10,16H,6-7H2,1-2H3. The van der Waals surface area contributed by atoms with E-state index in [9.17, 15) is 18.3 Å². The van der Waals surface area contributed by atoms with Gasteiger partial charge in [-0.15, -0.1) is 0 Å². The molecule has 1 aromatic rings. The average Bonchev–Trinajstić information content (AvgIpc) is 2.36. The van der Waals surface area contributed by atoms with E-state index >= 15 is 0 Å². The highest BCUT2D eigenvalue weighted by molar-refractivity contribution is 5.41. The monoisotopic (exact) mass is 280 g/mol. The fourth-order valence-electron chi connectivity index (χ4n) is 1.47. The first-order valence-electron chi connectivity index (χ1n) is 5.42. The molecule has 108 valence electrons. The van der Waals surface area contributed by atoms with E-state index < -0.39 is 25.5 Å². The lowest BCUT2D eigenvalue weighted by atomic mass is 10.1. The third-order valence-corrected chi connectivity index (χ3v) is 2.34. The second kappa shape index (κ2) is 6.63. The molecule has 1 unspecified atom stereocenters. The first-order chi connectivity index (χ1) is 8.87. The number of halogens is 3. The zero-order chi connectivity index (χ0) is 14.5. The van der Waals surface area contributed by atoms with Gasteiger partial charge in [0.2, 0.25) is 0 Å². The molecule has 1 aromatic carbocycles. The third-order valence-electron chi connectivity index (χ3n) is 2.34. The fourth-order valence-corrected chi connectivity index (χ4v) is 1.47. The highest BCUT2D eigenvalue weighted by Crippen LogP contribution is 2.29. The third kappa shape index (κ3) is 4.96. The van der Waals surface area contributed by atoms with Gasteiger partial charge in [0.25, 0.3) is 0 Å². The van der Waals surface area contributed by atoms with E-state index in [1.807, 2.05) is 0 Å². The molecule has 1 N–H and O–H groups in total. The number of aliphatic hydroxyl groups is 1. The first-order valence-corrected chi connectivity index (χ1v) is 5.42. The van der Waals surface area contributed by atoms with E-state index in [-0.39, 0.29) is 0 Å². The molecule has 0 fully saturated rings. The Hall–Kier alpha value is -1.47. The molecule has 19 heavy (non-hydrogen) atoms. The summed E-state index contributed by atoms with van der Waals surface area (Å²) in [5, 5.41) is 9.78. The van der Waals surface area contributed by atoms with Crippen LogP contribution in [0.3, 0.4) is 0 Å². The van der Waals surface area contributed by atoms with Crippen LogP contribution in [-0.2, 0) is 4.74 Å². The second-order valence-corrected chi connectivity index (χ2v) is 3.75. The molecule has 0 aliphatic carbocycles. The van der Waals surface area contributed by atoms with E-state index in [1.54, 1.807) is 6.07 Å². The minimum absolute atomic E-state index is 0.322. The molecule has 0 saturated carbocycles. The Morgan fingerprint density at radius 3 is 2.42 bits per heavy atom. The molecular weight excluding hydrogens is 265 g/mol. The number of hydrogen-bond donors (Lipinski definition) is 1. The summed E-state index contributed by atoms with van der Waals surface area (Å²) in [6.07, 6.45) is -5.62. The van der Waals surface area contributed by atoms with Crippen LogP contribution in [0.15, 0.2) is 18.2 Å². The molecule has 1 atom stereocenters. The maximum Gasteiger partial charge on any atom is 0.411 e. The lowest BCUT2D eigenvalue weighted by molar-refractivity contribution is -0.179. The summed E-state index contributed by atoms with van der Waals surface area (Å²) < 4.78 is 50.1. The summed E-state index contributed by atoms with van der Waals surface area (Å²) in [7, 11) is 2.86. The predicted molar refractivity (Wildman–Crippen MR) is 61.4 cm³/mol. The van der Waals surface area contributed by atoms with Crippen molar-refractivity contribution in [3.63, 3.8) is 0 Å². The van der Waals surface area contributed by atoms with Gasteiger partial charge in [-0.3, -0.25) is 0 Å². The lowest BCUT2D eigenvalue weighted by Crippen LogP contribution is -2.19. The van der Waals surface area contributed by atoms with Crippen molar-refractivity contribution < 1.29 is 32.5 Å². The van der Waals surface area contributed by atoms with Gasteiger partial charge in [-0.25, -0.2) is 0 Å². The van der Waals surface area contributed by atoms with Crippen molar-refractivity contribution in [3.05, 3.63) is 23.8 Å². The number of alkyl halides is 3. The van der Waals surface area contributed by atoms with E-state index in [2.05, 4.69) is 4.74 Å². The Balaban J connectivity index is 2.68. The molecule has 0 aliphatic heterocycles. The van der Waals surface area contributed by atoms with Crippen molar-refractivity contribution in [2.24, 2.45) is 0 Å². The van der Waals surface area contributed by atoms with Crippen LogP contribution >= 0.6 is 0 Å². The van der Waals surface area contributed by atoms with Gasteiger partial charge in [-0.05, 0) is 12.1 Å². The van der Waals surface area contributed by atoms with Gasteiger partial charge in [-0.1, -0.05) is 0 Å². The maximum absolute atomic E-state index is 11.9. The molecule has 0 spiro atoms. The maximum atomic E-state index is 11.9. The molecule has 4 nitrogen and oxygen atoms in total. The van der Waals surface area contributed by atoms with E-state index in [0.717, 1.165) is 0 Å². The van der Waals surface area contributed by atoms with Crippen LogP contribution in [0.5, 0.6) is 11.5 Å². The van der Waals surface area contributed by atoms with Crippen molar-refractivity contribution in [2.45, 2.75) is 12.3 Å². The SMILES string of the molecule is COc1ccc(C(O)COCC(F)(F)F)c(OC)c1.